The molecule has 0 spiro atoms. The molecule has 2 N–H and O–H groups in total. The van der Waals surface area contributed by atoms with Crippen molar-refractivity contribution in [3.63, 3.8) is 0 Å². The van der Waals surface area contributed by atoms with Crippen LogP contribution in [0.25, 0.3) is 0 Å². The van der Waals surface area contributed by atoms with Gasteiger partial charge in [-0.1, -0.05) is 54.6 Å². The zero-order chi connectivity index (χ0) is 19.4. The second-order valence-electron chi connectivity index (χ2n) is 8.20. The third-order valence-corrected chi connectivity index (χ3v) is 6.16. The molecule has 1 saturated heterocycles. The Balaban J connectivity index is 1.39. The molecule has 4 rings (SSSR count). The first-order valence-electron chi connectivity index (χ1n) is 10.4. The predicted octanol–water partition coefficient (Wildman–Crippen LogP) is 3.85. The van der Waals surface area contributed by atoms with Crippen LogP contribution >= 0.6 is 0 Å². The van der Waals surface area contributed by atoms with Crippen molar-refractivity contribution in [2.45, 2.75) is 62.9 Å². The molecule has 2 amide bonds. The van der Waals surface area contributed by atoms with E-state index < -0.39 is 0 Å². The lowest BCUT2D eigenvalue weighted by Crippen LogP contribution is -2.44. The largest absolute Gasteiger partial charge is 0.350 e. The van der Waals surface area contributed by atoms with Crippen LogP contribution in [0.2, 0.25) is 0 Å². The number of rotatable bonds is 6. The normalized spacial score (nSPS) is 23.7. The molecule has 0 saturated carbocycles. The fourth-order valence-electron chi connectivity index (χ4n) is 4.69. The van der Waals surface area contributed by atoms with E-state index in [1.54, 1.807) is 0 Å². The lowest BCUT2D eigenvalue weighted by Gasteiger charge is -2.30. The maximum absolute atomic E-state index is 12.7. The number of hydrogen-bond acceptors (Lipinski definition) is 2. The summed E-state index contributed by atoms with van der Waals surface area (Å²) in [5, 5.41) is 6.41. The average Bonchev–Trinajstić information content (AvgIpc) is 3.08. The van der Waals surface area contributed by atoms with Gasteiger partial charge in [0.2, 0.25) is 11.8 Å². The highest BCUT2D eigenvalue weighted by atomic mass is 16.2. The van der Waals surface area contributed by atoms with Gasteiger partial charge in [-0.3, -0.25) is 9.59 Å². The van der Waals surface area contributed by atoms with E-state index in [0.29, 0.717) is 19.3 Å². The second-order valence-corrected chi connectivity index (χ2v) is 8.20. The molecule has 1 aliphatic carbocycles. The van der Waals surface area contributed by atoms with Crippen LogP contribution in [-0.2, 0) is 22.4 Å². The fourth-order valence-corrected chi connectivity index (χ4v) is 4.69. The Morgan fingerprint density at radius 2 is 1.86 bits per heavy atom. The van der Waals surface area contributed by atoms with Crippen LogP contribution in [0, 0.1) is 0 Å². The van der Waals surface area contributed by atoms with Crippen molar-refractivity contribution in [1.82, 2.24) is 10.6 Å². The van der Waals surface area contributed by atoms with Crippen LogP contribution in [0.1, 0.15) is 61.3 Å². The van der Waals surface area contributed by atoms with E-state index in [9.17, 15) is 9.59 Å². The Bertz CT molecular complexity index is 849. The van der Waals surface area contributed by atoms with Crippen molar-refractivity contribution in [2.24, 2.45) is 0 Å². The Labute approximate surface area is 166 Å². The van der Waals surface area contributed by atoms with Crippen LogP contribution < -0.4 is 10.6 Å². The maximum atomic E-state index is 12.7. The number of carbonyl (C=O) groups is 2. The van der Waals surface area contributed by atoms with Gasteiger partial charge in [-0.15, -0.1) is 0 Å². The molecule has 146 valence electrons. The van der Waals surface area contributed by atoms with Crippen molar-refractivity contribution in [1.29, 1.82) is 0 Å². The summed E-state index contributed by atoms with van der Waals surface area (Å²) < 4.78 is 0. The van der Waals surface area contributed by atoms with Crippen molar-refractivity contribution in [3.05, 3.63) is 71.3 Å². The van der Waals surface area contributed by atoms with Gasteiger partial charge in [0, 0.05) is 18.4 Å². The first kappa shape index (κ1) is 18.7. The van der Waals surface area contributed by atoms with E-state index >= 15 is 0 Å². The first-order chi connectivity index (χ1) is 13.6. The van der Waals surface area contributed by atoms with E-state index in [0.717, 1.165) is 32.1 Å². The van der Waals surface area contributed by atoms with E-state index in [-0.39, 0.29) is 23.4 Å². The van der Waals surface area contributed by atoms with Gasteiger partial charge in [-0.05, 0) is 55.2 Å². The van der Waals surface area contributed by atoms with Gasteiger partial charge < -0.3 is 10.6 Å². The Morgan fingerprint density at radius 3 is 2.64 bits per heavy atom. The van der Waals surface area contributed by atoms with E-state index in [4.69, 9.17) is 0 Å². The molecule has 0 bridgehead atoms. The molecule has 4 nitrogen and oxygen atoms in total. The SMILES string of the molecule is O=C(CC[C@@]1(Cc2ccccc2)CCC(=O)N1)N[C@@H]1CCCc2ccccc21. The molecule has 0 aromatic heterocycles. The summed E-state index contributed by atoms with van der Waals surface area (Å²) in [6.45, 7) is 0. The number of aryl methyl sites for hydroxylation is 1. The molecule has 4 heteroatoms. The molecule has 0 unspecified atom stereocenters. The third kappa shape index (κ3) is 4.27. The topological polar surface area (TPSA) is 58.2 Å². The summed E-state index contributed by atoms with van der Waals surface area (Å²) in [7, 11) is 0. The quantitative estimate of drug-likeness (QED) is 0.804. The predicted molar refractivity (Wildman–Crippen MR) is 110 cm³/mol. The van der Waals surface area contributed by atoms with Crippen molar-refractivity contribution >= 4 is 11.8 Å². The van der Waals surface area contributed by atoms with Gasteiger partial charge in [-0.25, -0.2) is 0 Å². The Kier molecular flexibility index (Phi) is 5.47. The molecular formula is C24H28N2O2. The lowest BCUT2D eigenvalue weighted by atomic mass is 9.84. The molecule has 2 atom stereocenters. The van der Waals surface area contributed by atoms with Crippen molar-refractivity contribution in [2.75, 3.05) is 0 Å². The van der Waals surface area contributed by atoms with Crippen LogP contribution in [0.3, 0.4) is 0 Å². The molecule has 1 aliphatic heterocycles. The third-order valence-electron chi connectivity index (χ3n) is 6.16. The zero-order valence-corrected chi connectivity index (χ0v) is 16.2. The standard InChI is InChI=1S/C24H28N2O2/c27-22(25-21-12-6-10-19-9-4-5-11-20(19)21)13-15-24(16-14-23(28)26-24)17-18-7-2-1-3-8-18/h1-5,7-9,11,21H,6,10,12-17H2,(H,25,27)(H,26,28)/t21-,24+/m1/s1. The van der Waals surface area contributed by atoms with E-state index in [1.165, 1.54) is 16.7 Å². The van der Waals surface area contributed by atoms with E-state index in [2.05, 4.69) is 41.0 Å². The van der Waals surface area contributed by atoms with Gasteiger partial charge in [0.05, 0.1) is 6.04 Å². The molecule has 2 aromatic rings. The Morgan fingerprint density at radius 1 is 1.07 bits per heavy atom. The molecule has 0 radical (unpaired) electrons. The summed E-state index contributed by atoms with van der Waals surface area (Å²) in [5.74, 6) is 0.174. The highest BCUT2D eigenvalue weighted by Crippen LogP contribution is 2.31. The Hall–Kier alpha value is -2.62. The second kappa shape index (κ2) is 8.17. The highest BCUT2D eigenvalue weighted by molar-refractivity contribution is 5.80. The van der Waals surface area contributed by atoms with Crippen LogP contribution in [0.15, 0.2) is 54.6 Å². The van der Waals surface area contributed by atoms with Gasteiger partial charge in [0.15, 0.2) is 0 Å². The van der Waals surface area contributed by atoms with Crippen molar-refractivity contribution in [3.8, 4) is 0 Å². The van der Waals surface area contributed by atoms with Crippen molar-refractivity contribution < 1.29 is 9.59 Å². The zero-order valence-electron chi connectivity index (χ0n) is 16.2. The summed E-state index contributed by atoms with van der Waals surface area (Å²) in [4.78, 5) is 24.7. The molecular weight excluding hydrogens is 348 g/mol. The summed E-state index contributed by atoms with van der Waals surface area (Å²) >= 11 is 0. The fraction of sp³-hybridized carbons (Fsp3) is 0.417. The average molecular weight is 377 g/mol. The monoisotopic (exact) mass is 376 g/mol. The minimum absolute atomic E-state index is 0.0790. The van der Waals surface area contributed by atoms with Gasteiger partial charge in [0.25, 0.3) is 0 Å². The van der Waals surface area contributed by atoms with Crippen LogP contribution in [0.4, 0.5) is 0 Å². The number of amides is 2. The minimum Gasteiger partial charge on any atom is -0.350 e. The van der Waals surface area contributed by atoms with E-state index in [1.807, 2.05) is 24.3 Å². The molecule has 28 heavy (non-hydrogen) atoms. The maximum Gasteiger partial charge on any atom is 0.220 e. The lowest BCUT2D eigenvalue weighted by molar-refractivity contribution is -0.123. The highest BCUT2D eigenvalue weighted by Gasteiger charge is 2.38. The van der Waals surface area contributed by atoms with Gasteiger partial charge in [-0.2, -0.15) is 0 Å². The number of nitrogens with one attached hydrogen (secondary N) is 2. The van der Waals surface area contributed by atoms with Gasteiger partial charge in [0.1, 0.15) is 0 Å². The number of benzene rings is 2. The van der Waals surface area contributed by atoms with Gasteiger partial charge >= 0.3 is 0 Å². The molecule has 1 fully saturated rings. The number of carbonyl (C=O) groups excluding carboxylic acids is 2. The first-order valence-corrected chi connectivity index (χ1v) is 10.4. The number of fused-ring (bicyclic) bond motifs is 1. The molecule has 1 heterocycles. The smallest absolute Gasteiger partial charge is 0.220 e. The molecule has 2 aromatic carbocycles. The molecule has 2 aliphatic rings. The summed E-state index contributed by atoms with van der Waals surface area (Å²) in [6.07, 6.45) is 6.42. The minimum atomic E-state index is -0.305. The number of hydrogen-bond donors (Lipinski definition) is 2. The summed E-state index contributed by atoms with van der Waals surface area (Å²) in [6, 6.07) is 18.7. The van der Waals surface area contributed by atoms with Crippen LogP contribution in [0.5, 0.6) is 0 Å². The van der Waals surface area contributed by atoms with Crippen LogP contribution in [-0.4, -0.2) is 17.4 Å². The summed E-state index contributed by atoms with van der Waals surface area (Å²) in [5.41, 5.74) is 3.50.